The van der Waals surface area contributed by atoms with E-state index in [9.17, 15) is 4.79 Å². The Kier molecular flexibility index (Phi) is 3.94. The topological polar surface area (TPSA) is 68.0 Å². The molecule has 0 bridgehead atoms. The van der Waals surface area contributed by atoms with Crippen LogP contribution in [0.2, 0.25) is 0 Å². The number of anilines is 1. The summed E-state index contributed by atoms with van der Waals surface area (Å²) in [6.07, 6.45) is 2.83. The maximum atomic E-state index is 11.9. The SMILES string of the molecule is CCc1cnc(CNC(=O)c2cccc(N)c2)s1. The first-order chi connectivity index (χ1) is 8.69. The lowest BCUT2D eigenvalue weighted by atomic mass is 10.2. The summed E-state index contributed by atoms with van der Waals surface area (Å²) in [5, 5.41) is 3.75. The molecule has 2 aromatic rings. The van der Waals surface area contributed by atoms with E-state index in [0.29, 0.717) is 17.8 Å². The van der Waals surface area contributed by atoms with Crippen LogP contribution in [0, 0.1) is 0 Å². The Labute approximate surface area is 110 Å². The zero-order valence-electron chi connectivity index (χ0n) is 10.1. The standard InChI is InChI=1S/C13H15N3OS/c1-2-11-7-15-12(18-11)8-16-13(17)9-4-3-5-10(14)6-9/h3-7H,2,8,14H2,1H3,(H,16,17). The molecule has 0 spiro atoms. The lowest BCUT2D eigenvalue weighted by molar-refractivity contribution is 0.0951. The maximum Gasteiger partial charge on any atom is 0.251 e. The lowest BCUT2D eigenvalue weighted by Crippen LogP contribution is -2.22. The van der Waals surface area contributed by atoms with Crippen LogP contribution in [0.15, 0.2) is 30.5 Å². The van der Waals surface area contributed by atoms with Crippen LogP contribution in [0.3, 0.4) is 0 Å². The highest BCUT2D eigenvalue weighted by Gasteiger charge is 2.07. The minimum absolute atomic E-state index is 0.129. The zero-order valence-corrected chi connectivity index (χ0v) is 11.0. The normalized spacial score (nSPS) is 10.3. The third-order valence-electron chi connectivity index (χ3n) is 2.50. The van der Waals surface area contributed by atoms with Crippen LogP contribution in [-0.4, -0.2) is 10.9 Å². The second-order valence-corrected chi connectivity index (χ2v) is 5.08. The van der Waals surface area contributed by atoms with Crippen LogP contribution in [0.4, 0.5) is 5.69 Å². The summed E-state index contributed by atoms with van der Waals surface area (Å²) in [6.45, 7) is 2.54. The van der Waals surface area contributed by atoms with E-state index in [1.54, 1.807) is 35.6 Å². The quantitative estimate of drug-likeness (QED) is 0.829. The largest absolute Gasteiger partial charge is 0.399 e. The second kappa shape index (κ2) is 5.64. The molecule has 1 aromatic carbocycles. The molecule has 18 heavy (non-hydrogen) atoms. The van der Waals surface area contributed by atoms with E-state index in [2.05, 4.69) is 17.2 Å². The van der Waals surface area contributed by atoms with Crippen molar-refractivity contribution in [3.63, 3.8) is 0 Å². The van der Waals surface area contributed by atoms with Gasteiger partial charge in [-0.25, -0.2) is 4.98 Å². The van der Waals surface area contributed by atoms with Crippen molar-refractivity contribution in [1.82, 2.24) is 10.3 Å². The molecule has 2 rings (SSSR count). The van der Waals surface area contributed by atoms with Crippen molar-refractivity contribution in [2.24, 2.45) is 0 Å². The molecular formula is C13H15N3OS. The van der Waals surface area contributed by atoms with E-state index >= 15 is 0 Å². The van der Waals surface area contributed by atoms with E-state index < -0.39 is 0 Å². The van der Waals surface area contributed by atoms with Crippen molar-refractivity contribution in [1.29, 1.82) is 0 Å². The summed E-state index contributed by atoms with van der Waals surface area (Å²) in [4.78, 5) is 17.3. The first-order valence-electron chi connectivity index (χ1n) is 5.76. The van der Waals surface area contributed by atoms with Gasteiger partial charge >= 0.3 is 0 Å². The number of aryl methyl sites for hydroxylation is 1. The van der Waals surface area contributed by atoms with E-state index in [1.165, 1.54) is 4.88 Å². The fourth-order valence-electron chi connectivity index (χ4n) is 1.53. The van der Waals surface area contributed by atoms with Crippen LogP contribution in [-0.2, 0) is 13.0 Å². The summed E-state index contributed by atoms with van der Waals surface area (Å²) in [5.74, 6) is -0.129. The van der Waals surface area contributed by atoms with Gasteiger partial charge < -0.3 is 11.1 Å². The van der Waals surface area contributed by atoms with Crippen molar-refractivity contribution < 1.29 is 4.79 Å². The molecule has 0 saturated heterocycles. The number of carbonyl (C=O) groups excluding carboxylic acids is 1. The summed E-state index contributed by atoms with van der Waals surface area (Å²) in [5.41, 5.74) is 6.79. The minimum Gasteiger partial charge on any atom is -0.399 e. The van der Waals surface area contributed by atoms with Gasteiger partial charge in [-0.3, -0.25) is 4.79 Å². The van der Waals surface area contributed by atoms with Gasteiger partial charge in [0.1, 0.15) is 5.01 Å². The van der Waals surface area contributed by atoms with Crippen LogP contribution in [0.25, 0.3) is 0 Å². The average Bonchev–Trinajstić information content (AvgIpc) is 2.84. The van der Waals surface area contributed by atoms with Gasteiger partial charge in [-0.2, -0.15) is 0 Å². The number of rotatable bonds is 4. The zero-order chi connectivity index (χ0) is 13.0. The van der Waals surface area contributed by atoms with Gasteiger partial charge in [-0.1, -0.05) is 13.0 Å². The Balaban J connectivity index is 1.96. The molecule has 0 unspecified atom stereocenters. The molecule has 0 saturated carbocycles. The molecule has 1 aromatic heterocycles. The molecule has 94 valence electrons. The van der Waals surface area contributed by atoms with Crippen molar-refractivity contribution >= 4 is 22.9 Å². The number of hydrogen-bond acceptors (Lipinski definition) is 4. The molecule has 1 heterocycles. The number of nitrogens with one attached hydrogen (secondary N) is 1. The molecule has 0 atom stereocenters. The Morgan fingerprint density at radius 3 is 3.00 bits per heavy atom. The van der Waals surface area contributed by atoms with Gasteiger partial charge in [0.2, 0.25) is 0 Å². The van der Waals surface area contributed by atoms with Crippen molar-refractivity contribution in [2.45, 2.75) is 19.9 Å². The molecule has 1 amide bonds. The molecule has 5 heteroatoms. The number of hydrogen-bond donors (Lipinski definition) is 2. The van der Waals surface area contributed by atoms with Gasteiger partial charge in [-0.15, -0.1) is 11.3 Å². The van der Waals surface area contributed by atoms with E-state index in [1.807, 2.05) is 6.20 Å². The summed E-state index contributed by atoms with van der Waals surface area (Å²) in [7, 11) is 0. The number of benzene rings is 1. The first-order valence-corrected chi connectivity index (χ1v) is 6.58. The van der Waals surface area contributed by atoms with Gasteiger partial charge in [0, 0.05) is 22.3 Å². The molecule has 3 N–H and O–H groups in total. The molecule has 4 nitrogen and oxygen atoms in total. The number of thiazole rings is 1. The monoisotopic (exact) mass is 261 g/mol. The number of nitrogens with two attached hydrogens (primary N) is 1. The lowest BCUT2D eigenvalue weighted by Gasteiger charge is -2.03. The molecule has 0 radical (unpaired) electrons. The Morgan fingerprint density at radius 2 is 2.33 bits per heavy atom. The van der Waals surface area contributed by atoms with Crippen LogP contribution < -0.4 is 11.1 Å². The fourth-order valence-corrected chi connectivity index (χ4v) is 2.33. The second-order valence-electron chi connectivity index (χ2n) is 3.88. The molecule has 0 fully saturated rings. The summed E-state index contributed by atoms with van der Waals surface area (Å²) >= 11 is 1.62. The van der Waals surface area contributed by atoms with Crippen molar-refractivity contribution in [3.05, 3.63) is 45.9 Å². The predicted molar refractivity (Wildman–Crippen MR) is 73.5 cm³/mol. The van der Waals surface area contributed by atoms with Crippen molar-refractivity contribution in [2.75, 3.05) is 5.73 Å². The highest BCUT2D eigenvalue weighted by molar-refractivity contribution is 7.11. The third kappa shape index (κ3) is 3.07. The summed E-state index contributed by atoms with van der Waals surface area (Å²) in [6, 6.07) is 6.92. The van der Waals surface area contributed by atoms with Gasteiger partial charge in [0.05, 0.1) is 6.54 Å². The van der Waals surface area contributed by atoms with E-state index in [0.717, 1.165) is 11.4 Å². The number of amides is 1. The van der Waals surface area contributed by atoms with Gasteiger partial charge in [0.25, 0.3) is 5.91 Å². The number of nitrogens with zero attached hydrogens (tertiary/aromatic N) is 1. The van der Waals surface area contributed by atoms with Crippen molar-refractivity contribution in [3.8, 4) is 0 Å². The predicted octanol–water partition coefficient (Wildman–Crippen LogP) is 2.22. The number of carbonyl (C=O) groups is 1. The maximum absolute atomic E-state index is 11.9. The van der Waals surface area contributed by atoms with Crippen LogP contribution in [0.1, 0.15) is 27.2 Å². The highest BCUT2D eigenvalue weighted by atomic mass is 32.1. The van der Waals surface area contributed by atoms with Crippen LogP contribution >= 0.6 is 11.3 Å². The first kappa shape index (κ1) is 12.6. The minimum atomic E-state index is -0.129. The third-order valence-corrected chi connectivity index (χ3v) is 3.64. The molecule has 0 aliphatic rings. The molecular weight excluding hydrogens is 246 g/mol. The Hall–Kier alpha value is -1.88. The average molecular weight is 261 g/mol. The highest BCUT2D eigenvalue weighted by Crippen LogP contribution is 2.13. The number of nitrogen functional groups attached to an aromatic ring is 1. The van der Waals surface area contributed by atoms with Crippen LogP contribution in [0.5, 0.6) is 0 Å². The number of aromatic nitrogens is 1. The molecule has 0 aliphatic carbocycles. The summed E-state index contributed by atoms with van der Waals surface area (Å²) < 4.78 is 0. The fraction of sp³-hybridized carbons (Fsp3) is 0.231. The van der Waals surface area contributed by atoms with E-state index in [4.69, 9.17) is 5.73 Å². The Bertz CT molecular complexity index is 551. The Morgan fingerprint density at radius 1 is 1.50 bits per heavy atom. The molecule has 0 aliphatic heterocycles. The van der Waals surface area contributed by atoms with Gasteiger partial charge in [0.15, 0.2) is 0 Å². The van der Waals surface area contributed by atoms with Gasteiger partial charge in [-0.05, 0) is 24.6 Å². The smallest absolute Gasteiger partial charge is 0.251 e. The van der Waals surface area contributed by atoms with E-state index in [-0.39, 0.29) is 5.91 Å².